The second-order valence-electron chi connectivity index (χ2n) is 4.42. The van der Waals surface area contributed by atoms with Crippen LogP contribution in [0, 0.1) is 5.82 Å². The first-order chi connectivity index (χ1) is 9.85. The van der Waals surface area contributed by atoms with Gasteiger partial charge in [0, 0.05) is 17.7 Å². The normalized spacial score (nSPS) is 13.3. The first-order valence-corrected chi connectivity index (χ1v) is 8.38. The molecule has 3 N–H and O–H groups in total. The summed E-state index contributed by atoms with van der Waals surface area (Å²) in [5, 5.41) is 0. The molecular formula is C13H14BrFN2O3S. The predicted molar refractivity (Wildman–Crippen MR) is 79.4 cm³/mol. The molecule has 2 rings (SSSR count). The summed E-state index contributed by atoms with van der Waals surface area (Å²) < 4.78 is 45.9. The molecule has 1 aromatic carbocycles. The van der Waals surface area contributed by atoms with E-state index in [0.29, 0.717) is 5.76 Å². The summed E-state index contributed by atoms with van der Waals surface area (Å²) in [6, 6.07) is 6.60. The van der Waals surface area contributed by atoms with E-state index in [9.17, 15) is 12.8 Å². The van der Waals surface area contributed by atoms with E-state index in [1.54, 1.807) is 19.1 Å². The molecule has 0 amide bonds. The number of rotatable bonds is 5. The van der Waals surface area contributed by atoms with Crippen molar-refractivity contribution in [2.75, 3.05) is 0 Å². The predicted octanol–water partition coefficient (Wildman–Crippen LogP) is 2.68. The van der Waals surface area contributed by atoms with Crippen LogP contribution in [0.2, 0.25) is 0 Å². The fourth-order valence-electron chi connectivity index (χ4n) is 1.87. The zero-order valence-corrected chi connectivity index (χ0v) is 13.5. The zero-order chi connectivity index (χ0) is 15.6. The Kier molecular flexibility index (Phi) is 4.82. The van der Waals surface area contributed by atoms with E-state index >= 15 is 0 Å². The Hall–Kier alpha value is -1.22. The summed E-state index contributed by atoms with van der Waals surface area (Å²) in [5.41, 5.74) is 5.67. The summed E-state index contributed by atoms with van der Waals surface area (Å²) in [5.74, 6) is -0.137. The van der Waals surface area contributed by atoms with Crippen LogP contribution in [-0.4, -0.2) is 8.42 Å². The largest absolute Gasteiger partial charge is 0.452 e. The summed E-state index contributed by atoms with van der Waals surface area (Å²) in [4.78, 5) is -0.0638. The number of hydrogen-bond donors (Lipinski definition) is 2. The molecule has 5 nitrogen and oxygen atoms in total. The standard InChI is InChI=1S/C13H14BrFN2O3S/c1-8(10-4-2-3-5-11(10)15)17-21(18,19)12-6-9(7-16)20-13(12)14/h2-6,8,17H,7,16H2,1H3. The maximum Gasteiger partial charge on any atom is 0.245 e. The highest BCUT2D eigenvalue weighted by Gasteiger charge is 2.25. The number of benzene rings is 1. The maximum atomic E-state index is 13.7. The number of nitrogens with one attached hydrogen (secondary N) is 1. The van der Waals surface area contributed by atoms with Crippen molar-refractivity contribution in [3.8, 4) is 0 Å². The van der Waals surface area contributed by atoms with Crippen molar-refractivity contribution >= 4 is 26.0 Å². The lowest BCUT2D eigenvalue weighted by atomic mass is 10.1. The quantitative estimate of drug-likeness (QED) is 0.839. The van der Waals surface area contributed by atoms with E-state index in [-0.39, 0.29) is 21.7 Å². The third-order valence-electron chi connectivity index (χ3n) is 2.90. The lowest BCUT2D eigenvalue weighted by Gasteiger charge is -2.14. The molecule has 0 saturated heterocycles. The van der Waals surface area contributed by atoms with E-state index in [0.717, 1.165) is 0 Å². The van der Waals surface area contributed by atoms with Crippen molar-refractivity contribution in [3.05, 3.63) is 52.1 Å². The maximum absolute atomic E-state index is 13.7. The van der Waals surface area contributed by atoms with Gasteiger partial charge in [0.2, 0.25) is 10.0 Å². The fourth-order valence-corrected chi connectivity index (χ4v) is 4.09. The summed E-state index contributed by atoms with van der Waals surface area (Å²) >= 11 is 3.04. The molecule has 0 fully saturated rings. The van der Waals surface area contributed by atoms with Crippen molar-refractivity contribution in [3.63, 3.8) is 0 Å². The van der Waals surface area contributed by atoms with Crippen LogP contribution >= 0.6 is 15.9 Å². The molecule has 114 valence electrons. The molecule has 1 atom stereocenters. The topological polar surface area (TPSA) is 85.3 Å². The van der Waals surface area contributed by atoms with E-state index in [1.807, 2.05) is 0 Å². The fraction of sp³-hybridized carbons (Fsp3) is 0.231. The van der Waals surface area contributed by atoms with E-state index in [4.69, 9.17) is 10.2 Å². The minimum absolute atomic E-state index is 0.0638. The molecule has 0 spiro atoms. The third kappa shape index (κ3) is 3.52. The molecule has 0 saturated carbocycles. The number of halogens is 2. The number of hydrogen-bond acceptors (Lipinski definition) is 4. The van der Waals surface area contributed by atoms with Crippen molar-refractivity contribution in [2.24, 2.45) is 5.73 Å². The van der Waals surface area contributed by atoms with Crippen LogP contribution in [0.3, 0.4) is 0 Å². The van der Waals surface area contributed by atoms with E-state index in [2.05, 4.69) is 20.7 Å². The SMILES string of the molecule is CC(NS(=O)(=O)c1cc(CN)oc1Br)c1ccccc1F. The Morgan fingerprint density at radius 2 is 2.10 bits per heavy atom. The second-order valence-corrected chi connectivity index (χ2v) is 6.82. The number of nitrogens with two attached hydrogens (primary N) is 1. The van der Waals surface area contributed by atoms with Crippen molar-refractivity contribution in [1.82, 2.24) is 4.72 Å². The smallest absolute Gasteiger partial charge is 0.245 e. The van der Waals surface area contributed by atoms with E-state index in [1.165, 1.54) is 18.2 Å². The van der Waals surface area contributed by atoms with Crippen LogP contribution in [0.1, 0.15) is 24.3 Å². The van der Waals surface area contributed by atoms with Gasteiger partial charge in [0.05, 0.1) is 6.54 Å². The first kappa shape index (κ1) is 16.2. The molecule has 0 aliphatic rings. The molecule has 8 heteroatoms. The van der Waals surface area contributed by atoms with Crippen LogP contribution < -0.4 is 10.5 Å². The molecule has 0 aliphatic heterocycles. The van der Waals surface area contributed by atoms with Crippen LogP contribution in [0.25, 0.3) is 0 Å². The summed E-state index contributed by atoms with van der Waals surface area (Å²) in [6.07, 6.45) is 0. The minimum Gasteiger partial charge on any atom is -0.452 e. The van der Waals surface area contributed by atoms with Crippen molar-refractivity contribution < 1.29 is 17.2 Å². The zero-order valence-electron chi connectivity index (χ0n) is 11.1. The monoisotopic (exact) mass is 376 g/mol. The number of furan rings is 1. The Morgan fingerprint density at radius 3 is 2.67 bits per heavy atom. The van der Waals surface area contributed by atoms with Gasteiger partial charge in [-0.25, -0.2) is 17.5 Å². The molecule has 1 aromatic heterocycles. The van der Waals surface area contributed by atoms with Gasteiger partial charge in [-0.15, -0.1) is 0 Å². The molecular weight excluding hydrogens is 363 g/mol. The second kappa shape index (κ2) is 6.27. The molecule has 2 aromatic rings. The van der Waals surface area contributed by atoms with Gasteiger partial charge in [0.15, 0.2) is 4.67 Å². The summed E-state index contributed by atoms with van der Waals surface area (Å²) in [6.45, 7) is 1.64. The molecule has 0 aliphatic carbocycles. The van der Waals surface area contributed by atoms with Gasteiger partial charge in [0.25, 0.3) is 0 Å². The van der Waals surface area contributed by atoms with Gasteiger partial charge in [-0.2, -0.15) is 0 Å². The van der Waals surface area contributed by atoms with Crippen LogP contribution in [0.15, 0.2) is 44.3 Å². The Bertz CT molecular complexity index is 746. The van der Waals surface area contributed by atoms with Gasteiger partial charge in [-0.3, -0.25) is 0 Å². The highest BCUT2D eigenvalue weighted by molar-refractivity contribution is 9.10. The van der Waals surface area contributed by atoms with Gasteiger partial charge < -0.3 is 10.2 Å². The first-order valence-electron chi connectivity index (χ1n) is 6.10. The number of sulfonamides is 1. The molecule has 1 unspecified atom stereocenters. The van der Waals surface area contributed by atoms with Crippen LogP contribution in [0.5, 0.6) is 0 Å². The molecule has 21 heavy (non-hydrogen) atoms. The average Bonchev–Trinajstić information content (AvgIpc) is 2.81. The lowest BCUT2D eigenvalue weighted by molar-refractivity contribution is 0.483. The highest BCUT2D eigenvalue weighted by atomic mass is 79.9. The highest BCUT2D eigenvalue weighted by Crippen LogP contribution is 2.27. The molecule has 0 bridgehead atoms. The molecule has 0 radical (unpaired) electrons. The van der Waals surface area contributed by atoms with Crippen LogP contribution in [0.4, 0.5) is 4.39 Å². The van der Waals surface area contributed by atoms with Crippen molar-refractivity contribution in [1.29, 1.82) is 0 Å². The van der Waals surface area contributed by atoms with Gasteiger partial charge >= 0.3 is 0 Å². The van der Waals surface area contributed by atoms with E-state index < -0.39 is 21.9 Å². The summed E-state index contributed by atoms with van der Waals surface area (Å²) in [7, 11) is -3.86. The van der Waals surface area contributed by atoms with Gasteiger partial charge in [0.1, 0.15) is 16.5 Å². The van der Waals surface area contributed by atoms with Crippen LogP contribution in [-0.2, 0) is 16.6 Å². The minimum atomic E-state index is -3.86. The van der Waals surface area contributed by atoms with Gasteiger partial charge in [-0.1, -0.05) is 18.2 Å². The molecule has 1 heterocycles. The Labute approximate surface area is 130 Å². The van der Waals surface area contributed by atoms with Gasteiger partial charge in [-0.05, 0) is 28.9 Å². The third-order valence-corrected chi connectivity index (χ3v) is 5.30. The lowest BCUT2D eigenvalue weighted by Crippen LogP contribution is -2.27. The Morgan fingerprint density at radius 1 is 1.43 bits per heavy atom. The average molecular weight is 377 g/mol. The Balaban J connectivity index is 2.29. The van der Waals surface area contributed by atoms with Crippen molar-refractivity contribution in [2.45, 2.75) is 24.4 Å².